The normalized spacial score (nSPS) is 14.2. The summed E-state index contributed by atoms with van der Waals surface area (Å²) < 4.78 is 19.3. The van der Waals surface area contributed by atoms with Crippen molar-refractivity contribution >= 4 is 0 Å². The largest absolute Gasteiger partial charge is 0.421 e. The first kappa shape index (κ1) is 13.9. The number of benzene rings is 1. The Morgan fingerprint density at radius 1 is 1.33 bits per heavy atom. The maximum atomic E-state index is 13.9. The number of nitrogens with zero attached hydrogens (tertiary/aromatic N) is 2. The zero-order valence-electron chi connectivity index (χ0n) is 12.2. The highest BCUT2D eigenvalue weighted by atomic mass is 19.1. The zero-order valence-corrected chi connectivity index (χ0v) is 12.2. The summed E-state index contributed by atoms with van der Waals surface area (Å²) in [6.45, 7) is 4.36. The minimum absolute atomic E-state index is 0.151. The van der Waals surface area contributed by atoms with E-state index in [4.69, 9.17) is 4.74 Å². The molecule has 4 nitrogen and oxygen atoms in total. The number of aryl methyl sites for hydroxylation is 2. The maximum Gasteiger partial charge on any atom is 0.322 e. The van der Waals surface area contributed by atoms with E-state index in [2.05, 4.69) is 15.3 Å². The van der Waals surface area contributed by atoms with E-state index in [0.29, 0.717) is 11.6 Å². The van der Waals surface area contributed by atoms with Crippen molar-refractivity contribution in [2.75, 3.05) is 0 Å². The topological polar surface area (TPSA) is 47.0 Å². The number of ether oxygens (including phenoxy) is 1. The van der Waals surface area contributed by atoms with Gasteiger partial charge in [-0.05, 0) is 38.3 Å². The van der Waals surface area contributed by atoms with Crippen LogP contribution >= 0.6 is 0 Å². The van der Waals surface area contributed by atoms with E-state index in [-0.39, 0.29) is 17.6 Å². The molecule has 1 heterocycles. The highest BCUT2D eigenvalue weighted by Gasteiger charge is 2.20. The molecule has 0 unspecified atom stereocenters. The lowest BCUT2D eigenvalue weighted by Gasteiger charge is -2.09. The number of hydrogen-bond acceptors (Lipinski definition) is 4. The molecule has 0 bridgehead atoms. The molecule has 0 saturated heterocycles. The third-order valence-electron chi connectivity index (χ3n) is 3.58. The third-order valence-corrected chi connectivity index (χ3v) is 3.58. The van der Waals surface area contributed by atoms with Gasteiger partial charge < -0.3 is 10.1 Å². The summed E-state index contributed by atoms with van der Waals surface area (Å²) in [4.78, 5) is 8.46. The Morgan fingerprint density at radius 2 is 2.14 bits per heavy atom. The fourth-order valence-electron chi connectivity index (χ4n) is 2.03. The second-order valence-electron chi connectivity index (χ2n) is 5.41. The maximum absolute atomic E-state index is 13.9. The van der Waals surface area contributed by atoms with Gasteiger partial charge in [0.15, 0.2) is 11.6 Å². The number of halogens is 1. The van der Waals surface area contributed by atoms with Crippen molar-refractivity contribution in [2.45, 2.75) is 39.3 Å². The molecule has 3 rings (SSSR count). The molecule has 1 aromatic carbocycles. The van der Waals surface area contributed by atoms with Gasteiger partial charge in [-0.25, -0.2) is 9.37 Å². The molecule has 1 fully saturated rings. The molecule has 5 heteroatoms. The lowest BCUT2D eigenvalue weighted by molar-refractivity contribution is 0.407. The summed E-state index contributed by atoms with van der Waals surface area (Å²) in [5.41, 5.74) is 2.43. The molecule has 1 aromatic heterocycles. The van der Waals surface area contributed by atoms with Gasteiger partial charge in [-0.1, -0.05) is 12.1 Å². The molecule has 0 atom stereocenters. The van der Waals surface area contributed by atoms with E-state index < -0.39 is 0 Å². The Hall–Kier alpha value is -2.01. The van der Waals surface area contributed by atoms with Crippen molar-refractivity contribution < 1.29 is 9.13 Å². The van der Waals surface area contributed by atoms with E-state index in [1.54, 1.807) is 31.3 Å². The van der Waals surface area contributed by atoms with Crippen molar-refractivity contribution in [2.24, 2.45) is 0 Å². The van der Waals surface area contributed by atoms with Crippen LogP contribution in [-0.4, -0.2) is 16.0 Å². The molecule has 0 radical (unpaired) electrons. The molecule has 1 saturated carbocycles. The molecule has 110 valence electrons. The van der Waals surface area contributed by atoms with Crippen molar-refractivity contribution in [3.63, 3.8) is 0 Å². The molecule has 0 spiro atoms. The van der Waals surface area contributed by atoms with Crippen LogP contribution in [0.5, 0.6) is 11.8 Å². The summed E-state index contributed by atoms with van der Waals surface area (Å²) in [5, 5.41) is 3.42. The fraction of sp³-hybridized carbons (Fsp3) is 0.375. The summed E-state index contributed by atoms with van der Waals surface area (Å²) in [7, 11) is 0. The molecule has 21 heavy (non-hydrogen) atoms. The van der Waals surface area contributed by atoms with Crippen LogP contribution in [0, 0.1) is 19.7 Å². The van der Waals surface area contributed by atoms with Crippen molar-refractivity contribution in [1.29, 1.82) is 0 Å². The first-order valence-electron chi connectivity index (χ1n) is 7.12. The SMILES string of the molecule is Cc1cccc(Oc2ncc(CNC3CC3)c(C)n2)c1F. The summed E-state index contributed by atoms with van der Waals surface area (Å²) in [5.74, 6) is -0.225. The Balaban J connectivity index is 1.73. The Bertz CT molecular complexity index is 656. The van der Waals surface area contributed by atoms with Gasteiger partial charge in [0.05, 0.1) is 0 Å². The van der Waals surface area contributed by atoms with Gasteiger partial charge in [-0.2, -0.15) is 4.98 Å². The third kappa shape index (κ3) is 3.36. The van der Waals surface area contributed by atoms with E-state index in [1.165, 1.54) is 12.8 Å². The van der Waals surface area contributed by atoms with E-state index in [9.17, 15) is 4.39 Å². The fourth-order valence-corrected chi connectivity index (χ4v) is 2.03. The van der Waals surface area contributed by atoms with E-state index in [0.717, 1.165) is 17.8 Å². The molecular weight excluding hydrogens is 269 g/mol. The molecule has 1 aliphatic carbocycles. The second kappa shape index (κ2) is 5.77. The number of rotatable bonds is 5. The molecule has 0 amide bonds. The highest BCUT2D eigenvalue weighted by molar-refractivity contribution is 5.32. The summed E-state index contributed by atoms with van der Waals surface area (Å²) in [6, 6.07) is 5.83. The second-order valence-corrected chi connectivity index (χ2v) is 5.41. The molecular formula is C16H18FN3O. The van der Waals surface area contributed by atoms with Crippen LogP contribution in [0.3, 0.4) is 0 Å². The van der Waals surface area contributed by atoms with Crippen LogP contribution in [0.15, 0.2) is 24.4 Å². The minimum Gasteiger partial charge on any atom is -0.421 e. The standard InChI is InChI=1S/C16H18FN3O/c1-10-4-3-5-14(15(10)17)21-16-19-9-12(11(2)20-16)8-18-13-6-7-13/h3-5,9,13,18H,6-8H2,1-2H3. The predicted octanol–water partition coefficient (Wildman–Crippen LogP) is 3.28. The van der Waals surface area contributed by atoms with Crippen LogP contribution < -0.4 is 10.1 Å². The Morgan fingerprint density at radius 3 is 2.86 bits per heavy atom. The van der Waals surface area contributed by atoms with Gasteiger partial charge in [0, 0.05) is 30.0 Å². The minimum atomic E-state index is -0.377. The molecule has 1 aliphatic rings. The molecule has 0 aliphatic heterocycles. The van der Waals surface area contributed by atoms with Crippen molar-refractivity contribution in [3.8, 4) is 11.8 Å². The van der Waals surface area contributed by atoms with Crippen LogP contribution in [0.2, 0.25) is 0 Å². The average Bonchev–Trinajstić information content (AvgIpc) is 3.27. The number of aromatic nitrogens is 2. The summed E-state index contributed by atoms with van der Waals surface area (Å²) >= 11 is 0. The monoisotopic (exact) mass is 287 g/mol. The molecule has 2 aromatic rings. The van der Waals surface area contributed by atoms with Crippen molar-refractivity contribution in [1.82, 2.24) is 15.3 Å². The predicted molar refractivity (Wildman–Crippen MR) is 77.8 cm³/mol. The molecule has 1 N–H and O–H groups in total. The Labute approximate surface area is 123 Å². The first-order chi connectivity index (χ1) is 10.1. The number of nitrogens with one attached hydrogen (secondary N) is 1. The van der Waals surface area contributed by atoms with Crippen LogP contribution in [0.25, 0.3) is 0 Å². The lowest BCUT2D eigenvalue weighted by atomic mass is 10.2. The van der Waals surface area contributed by atoms with Crippen molar-refractivity contribution in [3.05, 3.63) is 47.0 Å². The van der Waals surface area contributed by atoms with Crippen LogP contribution in [0.4, 0.5) is 4.39 Å². The van der Waals surface area contributed by atoms with Crippen LogP contribution in [-0.2, 0) is 6.54 Å². The van der Waals surface area contributed by atoms with E-state index in [1.807, 2.05) is 6.92 Å². The summed E-state index contributed by atoms with van der Waals surface area (Å²) in [6.07, 6.45) is 4.22. The smallest absolute Gasteiger partial charge is 0.322 e. The highest BCUT2D eigenvalue weighted by Crippen LogP contribution is 2.24. The lowest BCUT2D eigenvalue weighted by Crippen LogP contribution is -2.16. The van der Waals surface area contributed by atoms with E-state index >= 15 is 0 Å². The van der Waals surface area contributed by atoms with Gasteiger partial charge in [-0.3, -0.25) is 0 Å². The number of hydrogen-bond donors (Lipinski definition) is 1. The van der Waals surface area contributed by atoms with Crippen LogP contribution in [0.1, 0.15) is 29.7 Å². The van der Waals surface area contributed by atoms with Gasteiger partial charge in [-0.15, -0.1) is 0 Å². The van der Waals surface area contributed by atoms with Gasteiger partial charge in [0.25, 0.3) is 0 Å². The van der Waals surface area contributed by atoms with Gasteiger partial charge in [0.1, 0.15) is 0 Å². The van der Waals surface area contributed by atoms with Gasteiger partial charge >= 0.3 is 6.01 Å². The Kier molecular flexibility index (Phi) is 3.84. The zero-order chi connectivity index (χ0) is 14.8. The quantitative estimate of drug-likeness (QED) is 0.916. The first-order valence-corrected chi connectivity index (χ1v) is 7.12. The average molecular weight is 287 g/mol. The van der Waals surface area contributed by atoms with Gasteiger partial charge in [0.2, 0.25) is 0 Å².